The lowest BCUT2D eigenvalue weighted by Crippen LogP contribution is -2.46. The summed E-state index contributed by atoms with van der Waals surface area (Å²) in [5.41, 5.74) is 6.67. The van der Waals surface area contributed by atoms with E-state index < -0.39 is 0 Å². The first-order valence-electron chi connectivity index (χ1n) is 14.3. The highest BCUT2D eigenvalue weighted by Gasteiger charge is 2.37. The Hall–Kier alpha value is -4.41. The predicted octanol–water partition coefficient (Wildman–Crippen LogP) is 6.15. The van der Waals surface area contributed by atoms with Crippen molar-refractivity contribution in [1.29, 1.82) is 0 Å². The van der Waals surface area contributed by atoms with E-state index in [0.29, 0.717) is 16.2 Å². The van der Waals surface area contributed by atoms with Crippen LogP contribution in [-0.2, 0) is 11.6 Å². The molecule has 6 rings (SSSR count). The zero-order valence-corrected chi connectivity index (χ0v) is 24.8. The molecule has 0 fully saturated rings. The maximum absolute atomic E-state index is 4.38. The van der Waals surface area contributed by atoms with Crippen molar-refractivity contribution in [2.75, 3.05) is 0 Å². The molecule has 1 aromatic heterocycles. The van der Waals surface area contributed by atoms with Crippen molar-refractivity contribution in [2.45, 2.75) is 25.3 Å². The fourth-order valence-corrected chi connectivity index (χ4v) is 6.98. The summed E-state index contributed by atoms with van der Waals surface area (Å²) in [5.74, 6) is 0. The third kappa shape index (κ3) is 6.67. The van der Waals surface area contributed by atoms with Crippen molar-refractivity contribution < 1.29 is 0 Å². The summed E-state index contributed by atoms with van der Waals surface area (Å²) in [6.07, 6.45) is 6.94. The fourth-order valence-electron chi connectivity index (χ4n) is 5.24. The van der Waals surface area contributed by atoms with Crippen LogP contribution in [-0.4, -0.2) is 25.8 Å². The van der Waals surface area contributed by atoms with Crippen LogP contribution in [0.5, 0.6) is 0 Å². The molecule has 0 aliphatic rings. The van der Waals surface area contributed by atoms with Gasteiger partial charge in [-0.1, -0.05) is 175 Å². The van der Waals surface area contributed by atoms with Gasteiger partial charge >= 0.3 is 0 Å². The second-order valence-electron chi connectivity index (χ2n) is 10.1. The molecule has 0 saturated carbocycles. The van der Waals surface area contributed by atoms with Gasteiger partial charge in [0, 0.05) is 12.4 Å². The molecule has 2 radical (unpaired) electrons. The van der Waals surface area contributed by atoms with Crippen LogP contribution in [0.2, 0.25) is 6.82 Å². The molecule has 0 atom stereocenters. The van der Waals surface area contributed by atoms with Gasteiger partial charge in [-0.15, -0.1) is 0 Å². The highest BCUT2D eigenvalue weighted by atomic mass is 28.2. The molecule has 0 N–H and O–H groups in total. The first kappa shape index (κ1) is 28.1. The first-order chi connectivity index (χ1) is 20.2. The van der Waals surface area contributed by atoms with Gasteiger partial charge in [-0.25, -0.2) is 4.98 Å². The molecule has 0 amide bonds. The number of imidazole rings is 1. The number of hydrogen-bond donors (Lipinski definition) is 0. The standard InChI is InChI=1S/C24H22N2Si.C13H13B/c1-2-20-10-9-15-23(18-20)27-24(26-17-16-25-19-26,21-11-5-3-6-12-21)22-13-7-4-8-14-22;1-14(12-8-4-2-5-9-12)13-10-6-3-7-11-13/h3-19H,2H2,1H3;2-11H,1H3. The van der Waals surface area contributed by atoms with Crippen LogP contribution in [0.25, 0.3) is 0 Å². The van der Waals surface area contributed by atoms with Gasteiger partial charge < -0.3 is 4.57 Å². The minimum absolute atomic E-state index is 0.314. The quantitative estimate of drug-likeness (QED) is 0.210. The maximum atomic E-state index is 4.38. The zero-order valence-electron chi connectivity index (χ0n) is 23.8. The van der Waals surface area contributed by atoms with Crippen molar-refractivity contribution in [3.63, 3.8) is 0 Å². The average Bonchev–Trinajstić information content (AvgIpc) is 3.61. The second kappa shape index (κ2) is 13.8. The Morgan fingerprint density at radius 1 is 0.659 bits per heavy atom. The lowest BCUT2D eigenvalue weighted by molar-refractivity contribution is 0.596. The molecule has 6 aromatic rings. The molecule has 0 saturated heterocycles. The van der Waals surface area contributed by atoms with E-state index in [1.165, 1.54) is 32.8 Å². The number of benzene rings is 5. The molecule has 2 nitrogen and oxygen atoms in total. The van der Waals surface area contributed by atoms with Crippen LogP contribution >= 0.6 is 0 Å². The Balaban J connectivity index is 0.000000202. The van der Waals surface area contributed by atoms with Gasteiger partial charge in [0.15, 0.2) is 0 Å². The van der Waals surface area contributed by atoms with E-state index in [2.05, 4.69) is 175 Å². The van der Waals surface area contributed by atoms with E-state index >= 15 is 0 Å². The molecular weight excluding hydrogens is 511 g/mol. The van der Waals surface area contributed by atoms with Crippen LogP contribution in [0.4, 0.5) is 0 Å². The van der Waals surface area contributed by atoms with Crippen molar-refractivity contribution in [3.05, 3.63) is 181 Å². The van der Waals surface area contributed by atoms with Gasteiger partial charge in [-0.2, -0.15) is 0 Å². The van der Waals surface area contributed by atoms with E-state index in [1.54, 1.807) is 0 Å². The molecule has 200 valence electrons. The summed E-state index contributed by atoms with van der Waals surface area (Å²) in [6, 6.07) is 51.7. The van der Waals surface area contributed by atoms with Crippen LogP contribution in [0.1, 0.15) is 23.6 Å². The highest BCUT2D eigenvalue weighted by Crippen LogP contribution is 2.33. The Morgan fingerprint density at radius 3 is 1.63 bits per heavy atom. The Kier molecular flexibility index (Phi) is 9.46. The smallest absolute Gasteiger partial charge is 0.206 e. The molecule has 0 bridgehead atoms. The third-order valence-corrected chi connectivity index (χ3v) is 9.33. The summed E-state index contributed by atoms with van der Waals surface area (Å²) in [6.45, 7) is 4.93. The number of rotatable bonds is 8. The first-order valence-corrected chi connectivity index (χ1v) is 15.3. The lowest BCUT2D eigenvalue weighted by Gasteiger charge is -2.36. The Bertz CT molecular complexity index is 1510. The van der Waals surface area contributed by atoms with E-state index in [-0.39, 0.29) is 5.16 Å². The zero-order chi connectivity index (χ0) is 28.3. The van der Waals surface area contributed by atoms with Crippen molar-refractivity contribution in [2.24, 2.45) is 0 Å². The molecular formula is C37H35BN2Si. The summed E-state index contributed by atoms with van der Waals surface area (Å²) in [7, 11) is 0.538. The number of aryl methyl sites for hydroxylation is 1. The third-order valence-electron chi connectivity index (χ3n) is 7.53. The minimum atomic E-state index is -0.314. The van der Waals surface area contributed by atoms with Crippen molar-refractivity contribution in [3.8, 4) is 0 Å². The van der Waals surface area contributed by atoms with Crippen molar-refractivity contribution in [1.82, 2.24) is 9.55 Å². The summed E-state index contributed by atoms with van der Waals surface area (Å²) in [5, 5.41) is 1.04. The molecule has 4 heteroatoms. The summed E-state index contributed by atoms with van der Waals surface area (Å²) in [4.78, 5) is 4.38. The number of aromatic nitrogens is 2. The molecule has 41 heavy (non-hydrogen) atoms. The van der Waals surface area contributed by atoms with Gasteiger partial charge in [0.1, 0.15) is 9.52 Å². The monoisotopic (exact) mass is 546 g/mol. The van der Waals surface area contributed by atoms with E-state index in [0.717, 1.165) is 6.42 Å². The molecule has 0 aliphatic heterocycles. The molecule has 0 aliphatic carbocycles. The maximum Gasteiger partial charge on any atom is 0.206 e. The van der Waals surface area contributed by atoms with E-state index in [9.17, 15) is 0 Å². The van der Waals surface area contributed by atoms with Crippen LogP contribution in [0.15, 0.2) is 164 Å². The van der Waals surface area contributed by atoms with Gasteiger partial charge in [0.05, 0.1) is 11.5 Å². The highest BCUT2D eigenvalue weighted by molar-refractivity contribution is 6.84. The van der Waals surface area contributed by atoms with Crippen LogP contribution in [0.3, 0.4) is 0 Å². The predicted molar refractivity (Wildman–Crippen MR) is 176 cm³/mol. The normalized spacial score (nSPS) is 10.9. The van der Waals surface area contributed by atoms with E-state index in [4.69, 9.17) is 0 Å². The lowest BCUT2D eigenvalue weighted by atomic mass is 9.43. The van der Waals surface area contributed by atoms with Crippen LogP contribution in [0, 0.1) is 0 Å². The van der Waals surface area contributed by atoms with Gasteiger partial charge in [0.25, 0.3) is 0 Å². The summed E-state index contributed by atoms with van der Waals surface area (Å²) < 4.78 is 2.26. The summed E-state index contributed by atoms with van der Waals surface area (Å²) >= 11 is 0. The Morgan fingerprint density at radius 2 is 1.17 bits per heavy atom. The van der Waals surface area contributed by atoms with Crippen molar-refractivity contribution >= 4 is 32.3 Å². The molecule has 5 aromatic carbocycles. The minimum Gasteiger partial charge on any atom is -0.326 e. The average molecular weight is 547 g/mol. The number of hydrogen-bond acceptors (Lipinski definition) is 1. The molecule has 0 unspecified atom stereocenters. The Labute approximate surface area is 247 Å². The largest absolute Gasteiger partial charge is 0.326 e. The molecule has 1 heterocycles. The van der Waals surface area contributed by atoms with Gasteiger partial charge in [-0.3, -0.25) is 0 Å². The molecule has 0 spiro atoms. The fraction of sp³-hybridized carbons (Fsp3) is 0.108. The van der Waals surface area contributed by atoms with E-state index in [1.807, 2.05) is 12.5 Å². The SMILES string of the molecule is CB(c1ccccc1)c1ccccc1.CCc1cccc([Si]C(c2ccccc2)(c2ccccc2)n2ccnc2)c1. The van der Waals surface area contributed by atoms with Gasteiger partial charge in [0.2, 0.25) is 6.71 Å². The second-order valence-corrected chi connectivity index (χ2v) is 11.7. The van der Waals surface area contributed by atoms with Gasteiger partial charge in [-0.05, 0) is 23.1 Å². The topological polar surface area (TPSA) is 17.8 Å². The number of nitrogens with zero attached hydrogens (tertiary/aromatic N) is 2. The van der Waals surface area contributed by atoms with Crippen LogP contribution < -0.4 is 16.1 Å².